The van der Waals surface area contributed by atoms with Crippen LogP contribution >= 0.6 is 11.3 Å². The summed E-state index contributed by atoms with van der Waals surface area (Å²) in [5, 5.41) is 3.78. The normalized spacial score (nSPS) is 12.5. The zero-order chi connectivity index (χ0) is 18.6. The Morgan fingerprint density at radius 3 is 2.31 bits per heavy atom. The second kappa shape index (κ2) is 7.85. The van der Waals surface area contributed by atoms with Crippen molar-refractivity contribution in [1.29, 1.82) is 0 Å². The van der Waals surface area contributed by atoms with Gasteiger partial charge in [0, 0.05) is 17.0 Å². The molecule has 0 aliphatic heterocycles. The summed E-state index contributed by atoms with van der Waals surface area (Å²) >= 11 is 1.37. The van der Waals surface area contributed by atoms with E-state index in [0.29, 0.717) is 10.4 Å². The number of hydrogen-bond donors (Lipinski definition) is 1. The fourth-order valence-corrected chi connectivity index (χ4v) is 5.39. The van der Waals surface area contributed by atoms with E-state index in [-0.39, 0.29) is 17.3 Å². The van der Waals surface area contributed by atoms with Crippen molar-refractivity contribution in [3.63, 3.8) is 0 Å². The number of sulfone groups is 1. The fourth-order valence-electron chi connectivity index (χ4n) is 2.61. The molecule has 6 heteroatoms. The van der Waals surface area contributed by atoms with Gasteiger partial charge >= 0.3 is 0 Å². The van der Waals surface area contributed by atoms with Crippen LogP contribution < -0.4 is 5.32 Å². The molecule has 0 fully saturated rings. The number of amides is 1. The van der Waals surface area contributed by atoms with E-state index < -0.39 is 15.1 Å². The highest BCUT2D eigenvalue weighted by molar-refractivity contribution is 7.91. The van der Waals surface area contributed by atoms with E-state index in [2.05, 4.69) is 5.32 Å². The number of benzene rings is 2. The first-order chi connectivity index (χ1) is 12.5. The van der Waals surface area contributed by atoms with Gasteiger partial charge in [-0.3, -0.25) is 4.79 Å². The minimum atomic E-state index is -3.62. The number of carbonyl (C=O) groups excluding carboxylic acids is 1. The van der Waals surface area contributed by atoms with Gasteiger partial charge in [-0.1, -0.05) is 42.0 Å². The number of hydrogen-bond acceptors (Lipinski definition) is 4. The second-order valence-corrected chi connectivity index (χ2v) is 9.05. The Kier molecular flexibility index (Phi) is 5.54. The van der Waals surface area contributed by atoms with E-state index in [1.165, 1.54) is 11.3 Å². The highest BCUT2D eigenvalue weighted by atomic mass is 32.2. The van der Waals surface area contributed by atoms with Gasteiger partial charge in [0.25, 0.3) is 5.91 Å². The third-order valence-corrected chi connectivity index (χ3v) is 7.30. The molecule has 26 heavy (non-hydrogen) atoms. The average molecular weight is 386 g/mol. The largest absolute Gasteiger partial charge is 0.350 e. The number of thiophene rings is 1. The first-order valence-electron chi connectivity index (χ1n) is 8.15. The Balaban J connectivity index is 1.86. The van der Waals surface area contributed by atoms with Gasteiger partial charge < -0.3 is 5.32 Å². The van der Waals surface area contributed by atoms with Crippen LogP contribution in [0.25, 0.3) is 0 Å². The molecule has 0 bridgehead atoms. The molecule has 0 saturated heterocycles. The van der Waals surface area contributed by atoms with E-state index in [1.54, 1.807) is 54.6 Å². The van der Waals surface area contributed by atoms with Gasteiger partial charge in [-0.05, 0) is 42.6 Å². The van der Waals surface area contributed by atoms with Crippen molar-refractivity contribution in [3.05, 3.63) is 88.1 Å². The number of carbonyl (C=O) groups is 1. The molecular formula is C20H19NO3S2. The van der Waals surface area contributed by atoms with E-state index in [4.69, 9.17) is 0 Å². The summed E-state index contributed by atoms with van der Waals surface area (Å²) in [5.74, 6) is -0.286. The van der Waals surface area contributed by atoms with Crippen molar-refractivity contribution in [3.8, 4) is 0 Å². The number of rotatable bonds is 6. The van der Waals surface area contributed by atoms with Gasteiger partial charge in [0.2, 0.25) is 0 Å². The molecule has 2 aromatic carbocycles. The molecule has 1 amide bonds. The molecule has 0 saturated carbocycles. The third kappa shape index (κ3) is 4.03. The fraction of sp³-hybridized carbons (Fsp3) is 0.150. The quantitative estimate of drug-likeness (QED) is 0.697. The summed E-state index contributed by atoms with van der Waals surface area (Å²) in [6, 6.07) is 19.2. The second-order valence-electron chi connectivity index (χ2n) is 5.94. The Morgan fingerprint density at radius 2 is 1.69 bits per heavy atom. The number of aryl methyl sites for hydroxylation is 1. The summed E-state index contributed by atoms with van der Waals surface area (Å²) in [7, 11) is -3.62. The number of nitrogens with one attached hydrogen (secondary N) is 1. The van der Waals surface area contributed by atoms with Crippen molar-refractivity contribution >= 4 is 27.1 Å². The zero-order valence-corrected chi connectivity index (χ0v) is 15.9. The summed E-state index contributed by atoms with van der Waals surface area (Å²) in [6.45, 7) is 1.93. The Bertz CT molecular complexity index is 964. The van der Waals surface area contributed by atoms with E-state index in [0.717, 1.165) is 5.56 Å². The molecule has 0 unspecified atom stereocenters. The smallest absolute Gasteiger partial charge is 0.251 e. The topological polar surface area (TPSA) is 63.2 Å². The van der Waals surface area contributed by atoms with Crippen molar-refractivity contribution in [2.45, 2.75) is 17.1 Å². The molecule has 1 aromatic heterocycles. The zero-order valence-electron chi connectivity index (χ0n) is 14.3. The van der Waals surface area contributed by atoms with E-state index in [1.807, 2.05) is 24.4 Å². The van der Waals surface area contributed by atoms with Crippen LogP contribution in [0.4, 0.5) is 0 Å². The molecule has 0 aliphatic carbocycles. The van der Waals surface area contributed by atoms with Gasteiger partial charge in [-0.2, -0.15) is 0 Å². The van der Waals surface area contributed by atoms with Crippen LogP contribution in [0.2, 0.25) is 0 Å². The molecular weight excluding hydrogens is 366 g/mol. The standard InChI is InChI=1S/C20H19NO3S2/c1-15-9-11-17(12-10-15)26(23,24)19(18-8-5-13-25-18)14-21-20(22)16-6-3-2-4-7-16/h2-13,19H,14H2,1H3,(H,21,22)/t19-/m1/s1. The maximum atomic E-state index is 13.1. The first-order valence-corrected chi connectivity index (χ1v) is 10.6. The summed E-state index contributed by atoms with van der Waals surface area (Å²) in [5.41, 5.74) is 1.50. The van der Waals surface area contributed by atoms with Crippen LogP contribution in [0.15, 0.2) is 77.0 Å². The van der Waals surface area contributed by atoms with Crippen molar-refractivity contribution in [1.82, 2.24) is 5.32 Å². The van der Waals surface area contributed by atoms with Gasteiger partial charge in [0.15, 0.2) is 9.84 Å². The van der Waals surface area contributed by atoms with Gasteiger partial charge in [-0.15, -0.1) is 11.3 Å². The van der Waals surface area contributed by atoms with Gasteiger partial charge in [-0.25, -0.2) is 8.42 Å². The molecule has 0 spiro atoms. The SMILES string of the molecule is Cc1ccc(S(=O)(=O)[C@H](CNC(=O)c2ccccc2)c2cccs2)cc1. The van der Waals surface area contributed by atoms with Crippen LogP contribution in [0, 0.1) is 6.92 Å². The van der Waals surface area contributed by atoms with Crippen LogP contribution in [0.5, 0.6) is 0 Å². The molecule has 3 rings (SSSR count). The molecule has 0 radical (unpaired) electrons. The molecule has 1 N–H and O–H groups in total. The maximum Gasteiger partial charge on any atom is 0.251 e. The summed E-state index contributed by atoms with van der Waals surface area (Å²) in [6.07, 6.45) is 0. The highest BCUT2D eigenvalue weighted by Crippen LogP contribution is 2.31. The van der Waals surface area contributed by atoms with Crippen LogP contribution in [0.3, 0.4) is 0 Å². The predicted octanol–water partition coefficient (Wildman–Crippen LogP) is 4.00. The summed E-state index contributed by atoms with van der Waals surface area (Å²) in [4.78, 5) is 13.3. The minimum Gasteiger partial charge on any atom is -0.350 e. The monoisotopic (exact) mass is 385 g/mol. The van der Waals surface area contributed by atoms with Crippen LogP contribution in [-0.4, -0.2) is 20.9 Å². The molecule has 4 nitrogen and oxygen atoms in total. The third-order valence-electron chi connectivity index (χ3n) is 4.07. The lowest BCUT2D eigenvalue weighted by atomic mass is 10.2. The van der Waals surface area contributed by atoms with Crippen molar-refractivity contribution < 1.29 is 13.2 Å². The van der Waals surface area contributed by atoms with Crippen LogP contribution in [-0.2, 0) is 9.84 Å². The van der Waals surface area contributed by atoms with Crippen molar-refractivity contribution in [2.75, 3.05) is 6.54 Å². The molecule has 3 aromatic rings. The predicted molar refractivity (Wildman–Crippen MR) is 104 cm³/mol. The highest BCUT2D eigenvalue weighted by Gasteiger charge is 2.30. The van der Waals surface area contributed by atoms with Crippen molar-refractivity contribution in [2.24, 2.45) is 0 Å². The molecule has 1 atom stereocenters. The Hall–Kier alpha value is -2.44. The lowest BCUT2D eigenvalue weighted by Crippen LogP contribution is -2.31. The van der Waals surface area contributed by atoms with Crippen LogP contribution in [0.1, 0.15) is 26.0 Å². The molecule has 0 aliphatic rings. The maximum absolute atomic E-state index is 13.1. The lowest BCUT2D eigenvalue weighted by Gasteiger charge is -2.17. The Labute approximate surface area is 157 Å². The summed E-state index contributed by atoms with van der Waals surface area (Å²) < 4.78 is 26.3. The van der Waals surface area contributed by atoms with Gasteiger partial charge in [0.05, 0.1) is 4.90 Å². The molecule has 1 heterocycles. The minimum absolute atomic E-state index is 0.0183. The first kappa shape index (κ1) is 18.4. The average Bonchev–Trinajstić information content (AvgIpc) is 3.17. The van der Waals surface area contributed by atoms with E-state index in [9.17, 15) is 13.2 Å². The molecule has 134 valence electrons. The van der Waals surface area contributed by atoms with E-state index >= 15 is 0 Å². The van der Waals surface area contributed by atoms with Gasteiger partial charge in [0.1, 0.15) is 5.25 Å². The Morgan fingerprint density at radius 1 is 1.00 bits per heavy atom. The lowest BCUT2D eigenvalue weighted by molar-refractivity contribution is 0.0953.